The molecular formula is C51H35N5. The summed E-state index contributed by atoms with van der Waals surface area (Å²) in [6.45, 7) is 0. The lowest BCUT2D eigenvalue weighted by molar-refractivity contribution is 0.898. The fraction of sp³-hybridized carbons (Fsp3) is 0.0392. The number of rotatable bonds is 6. The zero-order valence-corrected chi connectivity index (χ0v) is 30.5. The molecule has 3 aromatic heterocycles. The highest BCUT2D eigenvalue weighted by atomic mass is 15.2. The van der Waals surface area contributed by atoms with Crippen LogP contribution in [-0.4, -0.2) is 24.1 Å². The minimum atomic E-state index is 0.599. The zero-order valence-electron chi connectivity index (χ0n) is 30.5. The predicted molar refractivity (Wildman–Crippen MR) is 230 cm³/mol. The topological polar surface area (TPSA) is 48.5 Å². The Kier molecular flexibility index (Phi) is 7.56. The van der Waals surface area contributed by atoms with E-state index in [0.29, 0.717) is 17.6 Å². The lowest BCUT2D eigenvalue weighted by Crippen LogP contribution is -2.06. The fourth-order valence-electron chi connectivity index (χ4n) is 8.49. The first-order chi connectivity index (χ1) is 27.8. The number of para-hydroxylation sites is 2. The van der Waals surface area contributed by atoms with E-state index in [2.05, 4.69) is 161 Å². The van der Waals surface area contributed by atoms with Gasteiger partial charge in [0.15, 0.2) is 11.6 Å². The molecule has 7 aromatic carbocycles. The maximum absolute atomic E-state index is 5.12. The summed E-state index contributed by atoms with van der Waals surface area (Å²) in [5, 5.41) is 3.62. The first-order valence-corrected chi connectivity index (χ1v) is 19.2. The van der Waals surface area contributed by atoms with Gasteiger partial charge < -0.3 is 4.57 Å². The summed E-state index contributed by atoms with van der Waals surface area (Å²) in [7, 11) is 0. The zero-order chi connectivity index (χ0) is 37.0. The van der Waals surface area contributed by atoms with Crippen molar-refractivity contribution in [3.05, 3.63) is 199 Å². The Labute approximate surface area is 324 Å². The van der Waals surface area contributed by atoms with Crippen LogP contribution in [0.4, 0.5) is 0 Å². The molecule has 11 rings (SSSR count). The van der Waals surface area contributed by atoms with Crippen LogP contribution < -0.4 is 0 Å². The van der Waals surface area contributed by atoms with Crippen LogP contribution in [0.3, 0.4) is 0 Å². The highest BCUT2D eigenvalue weighted by Crippen LogP contribution is 2.41. The minimum absolute atomic E-state index is 0.599. The van der Waals surface area contributed by atoms with Gasteiger partial charge in [-0.2, -0.15) is 9.97 Å². The van der Waals surface area contributed by atoms with Gasteiger partial charge >= 0.3 is 0 Å². The van der Waals surface area contributed by atoms with Crippen molar-refractivity contribution in [3.8, 4) is 45.5 Å². The molecule has 56 heavy (non-hydrogen) atoms. The van der Waals surface area contributed by atoms with Crippen LogP contribution in [0, 0.1) is 0 Å². The minimum Gasteiger partial charge on any atom is -0.313 e. The van der Waals surface area contributed by atoms with Gasteiger partial charge in [-0.15, -0.1) is 0 Å². The molecule has 0 unspecified atom stereocenters. The molecule has 3 heterocycles. The van der Waals surface area contributed by atoms with E-state index in [0.717, 1.165) is 35.0 Å². The summed E-state index contributed by atoms with van der Waals surface area (Å²) in [6, 6.07) is 64.2. The number of hydrogen-bond acceptors (Lipinski definition) is 3. The molecule has 0 aliphatic heterocycles. The third-order valence-corrected chi connectivity index (χ3v) is 11.1. The third-order valence-electron chi connectivity index (χ3n) is 11.1. The normalized spacial score (nSPS) is 12.6. The quantitative estimate of drug-likeness (QED) is 0.172. The van der Waals surface area contributed by atoms with Crippen LogP contribution in [0.25, 0.3) is 89.9 Å². The van der Waals surface area contributed by atoms with E-state index in [4.69, 9.17) is 15.0 Å². The highest BCUT2D eigenvalue weighted by Gasteiger charge is 2.23. The van der Waals surface area contributed by atoms with Gasteiger partial charge in [0.25, 0.3) is 0 Å². The van der Waals surface area contributed by atoms with Gasteiger partial charge in [-0.05, 0) is 77.6 Å². The molecule has 0 radical (unpaired) electrons. The Morgan fingerprint density at radius 2 is 0.946 bits per heavy atom. The molecule has 264 valence electrons. The van der Waals surface area contributed by atoms with Crippen molar-refractivity contribution in [3.63, 3.8) is 0 Å². The van der Waals surface area contributed by atoms with Crippen LogP contribution in [-0.2, 0) is 6.42 Å². The van der Waals surface area contributed by atoms with E-state index in [9.17, 15) is 0 Å². The molecule has 1 aliphatic rings. The molecule has 0 fully saturated rings. The van der Waals surface area contributed by atoms with Crippen LogP contribution in [0.1, 0.15) is 23.2 Å². The summed E-state index contributed by atoms with van der Waals surface area (Å²) < 4.78 is 4.67. The molecular weight excluding hydrogens is 683 g/mol. The van der Waals surface area contributed by atoms with E-state index in [-0.39, 0.29) is 0 Å². The fourth-order valence-corrected chi connectivity index (χ4v) is 8.49. The predicted octanol–water partition coefficient (Wildman–Crippen LogP) is 12.4. The number of benzene rings is 7. The smallest absolute Gasteiger partial charge is 0.238 e. The molecule has 1 aliphatic carbocycles. The second kappa shape index (κ2) is 13.2. The van der Waals surface area contributed by atoms with Crippen molar-refractivity contribution < 1.29 is 0 Å². The van der Waals surface area contributed by atoms with E-state index in [1.807, 2.05) is 36.4 Å². The summed E-state index contributed by atoms with van der Waals surface area (Å²) in [5.41, 5.74) is 14.1. The van der Waals surface area contributed by atoms with Crippen molar-refractivity contribution in [1.29, 1.82) is 0 Å². The van der Waals surface area contributed by atoms with Crippen molar-refractivity contribution in [2.75, 3.05) is 0 Å². The van der Waals surface area contributed by atoms with Gasteiger partial charge in [-0.1, -0.05) is 146 Å². The first-order valence-electron chi connectivity index (χ1n) is 19.2. The number of aromatic nitrogens is 5. The van der Waals surface area contributed by atoms with E-state index in [1.165, 1.54) is 60.9 Å². The van der Waals surface area contributed by atoms with E-state index < -0.39 is 0 Å². The maximum atomic E-state index is 5.12. The van der Waals surface area contributed by atoms with E-state index in [1.54, 1.807) is 0 Å². The Morgan fingerprint density at radius 3 is 1.64 bits per heavy atom. The number of nitrogens with zero attached hydrogens (tertiary/aromatic N) is 5. The van der Waals surface area contributed by atoms with Crippen LogP contribution in [0.5, 0.6) is 0 Å². The highest BCUT2D eigenvalue weighted by molar-refractivity contribution is 6.10. The third kappa shape index (κ3) is 5.36. The Morgan fingerprint density at radius 1 is 0.375 bits per heavy atom. The van der Waals surface area contributed by atoms with Crippen molar-refractivity contribution >= 4 is 44.4 Å². The summed E-state index contributed by atoms with van der Waals surface area (Å²) >= 11 is 0. The Bertz CT molecular complexity index is 3060. The second-order valence-corrected chi connectivity index (χ2v) is 14.4. The monoisotopic (exact) mass is 717 g/mol. The van der Waals surface area contributed by atoms with Gasteiger partial charge in [0.1, 0.15) is 0 Å². The molecule has 0 atom stereocenters. The SMILES string of the molecule is C1=C(c2ccc3c(c2)c2ccccc2n3-c2nc(-c3ccccc3)nc(-c3ccccc3)n2)CCc2c1c1ccccc1n2-c1cccc(-c2ccccc2)c1. The average Bonchev–Trinajstić information content (AvgIpc) is 3.79. The van der Waals surface area contributed by atoms with Crippen LogP contribution >= 0.6 is 0 Å². The molecule has 0 amide bonds. The van der Waals surface area contributed by atoms with Crippen molar-refractivity contribution in [2.24, 2.45) is 0 Å². The van der Waals surface area contributed by atoms with Gasteiger partial charge in [0.2, 0.25) is 5.95 Å². The van der Waals surface area contributed by atoms with E-state index >= 15 is 0 Å². The maximum Gasteiger partial charge on any atom is 0.238 e. The summed E-state index contributed by atoms with van der Waals surface area (Å²) in [4.78, 5) is 15.2. The molecule has 5 heteroatoms. The Hall–Kier alpha value is -7.37. The standard InChI is InChI=1S/C51H35N5/c1-4-15-34(16-5-1)37-21-14-22-40(31-37)55-45-25-12-10-23-41(45)43-32-38(27-29-47(43)55)39-28-30-48-44(33-39)42-24-11-13-26-46(42)56(48)51-53-49(35-17-6-2-7-18-35)52-50(54-51)36-19-8-3-9-20-36/h1-26,28,30-33H,27,29H2. The summed E-state index contributed by atoms with van der Waals surface area (Å²) in [6.07, 6.45) is 4.32. The lowest BCUT2D eigenvalue weighted by Gasteiger charge is -2.18. The molecule has 0 spiro atoms. The second-order valence-electron chi connectivity index (χ2n) is 14.4. The summed E-state index contributed by atoms with van der Waals surface area (Å²) in [5.74, 6) is 1.89. The molecule has 5 nitrogen and oxygen atoms in total. The first kappa shape index (κ1) is 32.1. The van der Waals surface area contributed by atoms with Gasteiger partial charge in [0, 0.05) is 44.2 Å². The van der Waals surface area contributed by atoms with Crippen LogP contribution in [0.15, 0.2) is 182 Å². The Balaban J connectivity index is 1.05. The van der Waals surface area contributed by atoms with Gasteiger partial charge in [0.05, 0.1) is 16.6 Å². The van der Waals surface area contributed by atoms with Gasteiger partial charge in [-0.3, -0.25) is 4.57 Å². The average molecular weight is 718 g/mol. The van der Waals surface area contributed by atoms with Crippen molar-refractivity contribution in [1.82, 2.24) is 24.1 Å². The molecule has 0 saturated carbocycles. The van der Waals surface area contributed by atoms with Gasteiger partial charge in [-0.25, -0.2) is 4.98 Å². The van der Waals surface area contributed by atoms with Crippen molar-refractivity contribution in [2.45, 2.75) is 12.8 Å². The largest absolute Gasteiger partial charge is 0.313 e. The molecule has 0 N–H and O–H groups in total. The lowest BCUT2D eigenvalue weighted by atomic mass is 9.90. The molecule has 0 saturated heterocycles. The molecule has 0 bridgehead atoms. The number of fused-ring (bicyclic) bond motifs is 6. The molecule has 10 aromatic rings. The van der Waals surface area contributed by atoms with Crippen LogP contribution in [0.2, 0.25) is 0 Å². The number of allylic oxidation sites excluding steroid dienone is 1. The number of hydrogen-bond donors (Lipinski definition) is 0.